The van der Waals surface area contributed by atoms with Crippen molar-refractivity contribution in [3.05, 3.63) is 48.5 Å². The number of ether oxygens (including phenoxy) is 7. The summed E-state index contributed by atoms with van der Waals surface area (Å²) in [5, 5.41) is 11.4. The Morgan fingerprint density at radius 2 is 1.51 bits per heavy atom. The summed E-state index contributed by atoms with van der Waals surface area (Å²) < 4.78 is 50.1. The molecule has 21 nitrogen and oxygen atoms in total. The van der Waals surface area contributed by atoms with Gasteiger partial charge in [-0.1, -0.05) is 53.7 Å². The van der Waals surface area contributed by atoms with Gasteiger partial charge in [0.15, 0.2) is 5.69 Å². The molecule has 0 radical (unpaired) electrons. The molecule has 2 aromatic heterocycles. The van der Waals surface area contributed by atoms with Crippen LogP contribution in [0.5, 0.6) is 0 Å². The highest BCUT2D eigenvalue weighted by atomic mass is 16.6. The van der Waals surface area contributed by atoms with Gasteiger partial charge in [0.05, 0.1) is 37.9 Å². The second-order valence-corrected chi connectivity index (χ2v) is 17.7. The Morgan fingerprint density at radius 1 is 0.826 bits per heavy atom. The number of hydrogen-bond donors (Lipinski definition) is 3. The SMILES string of the molecule is COC(=O)C=CCC(OC)C(C)C(CC(OC)C(C)CCC(=O)C(C)C(OC)C(C)C=CN(C)C=O)OC(=O)CC(CC(C)CC(O)C(C)C(OC)c1coc(-c2coc(C(N)=O)n2)n1)OC(N)=O. The van der Waals surface area contributed by atoms with Gasteiger partial charge in [-0.25, -0.2) is 14.6 Å². The number of Topliss-reactive ketones (excluding diaryl/α,β-unsaturated/α-hetero) is 1. The van der Waals surface area contributed by atoms with Gasteiger partial charge in [-0.2, -0.15) is 4.98 Å². The summed E-state index contributed by atoms with van der Waals surface area (Å²) in [5.41, 5.74) is 11.2. The molecule has 0 fully saturated rings. The predicted octanol–water partition coefficient (Wildman–Crippen LogP) is 5.35. The Labute approximate surface area is 404 Å². The van der Waals surface area contributed by atoms with Gasteiger partial charge in [0.1, 0.15) is 42.3 Å². The van der Waals surface area contributed by atoms with Crippen LogP contribution in [0.1, 0.15) is 109 Å². The molecule has 0 aliphatic heterocycles. The van der Waals surface area contributed by atoms with Gasteiger partial charge in [0, 0.05) is 84.3 Å². The summed E-state index contributed by atoms with van der Waals surface area (Å²) >= 11 is 0. The number of primary amides is 2. The first-order chi connectivity index (χ1) is 32.6. The van der Waals surface area contributed by atoms with Crippen LogP contribution in [-0.4, -0.2) is 135 Å². The van der Waals surface area contributed by atoms with Gasteiger partial charge >= 0.3 is 23.9 Å². The van der Waals surface area contributed by atoms with E-state index in [4.69, 9.17) is 53.5 Å². The number of aliphatic hydroxyl groups excluding tert-OH is 1. The van der Waals surface area contributed by atoms with E-state index in [0.29, 0.717) is 18.5 Å². The van der Waals surface area contributed by atoms with Crippen LogP contribution < -0.4 is 11.5 Å². The number of amides is 3. The Morgan fingerprint density at radius 3 is 2.07 bits per heavy atom. The van der Waals surface area contributed by atoms with Crippen LogP contribution in [-0.2, 0) is 52.3 Å². The van der Waals surface area contributed by atoms with Crippen LogP contribution in [0.15, 0.2) is 45.8 Å². The zero-order valence-electron chi connectivity index (χ0n) is 42.1. The highest BCUT2D eigenvalue weighted by molar-refractivity contribution is 5.88. The van der Waals surface area contributed by atoms with Crippen LogP contribution in [0.4, 0.5) is 4.79 Å². The van der Waals surface area contributed by atoms with Crippen molar-refractivity contribution in [1.29, 1.82) is 0 Å². The van der Waals surface area contributed by atoms with Gasteiger partial charge in [-0.3, -0.25) is 19.2 Å². The van der Waals surface area contributed by atoms with Crippen LogP contribution in [0, 0.1) is 35.5 Å². The van der Waals surface area contributed by atoms with E-state index in [1.807, 2.05) is 40.7 Å². The topological polar surface area (TPSA) is 295 Å². The Kier molecular flexibility index (Phi) is 26.1. The number of aliphatic hydroxyl groups is 1. The molecule has 13 unspecified atom stereocenters. The minimum absolute atomic E-state index is 0.00824. The van der Waals surface area contributed by atoms with E-state index in [1.54, 1.807) is 40.5 Å². The molecule has 3 amide bonds. The van der Waals surface area contributed by atoms with Gasteiger partial charge in [0.2, 0.25) is 12.3 Å². The number of nitrogens with zero attached hydrogens (tertiary/aromatic N) is 3. The monoisotopic (exact) mass is 978 g/mol. The number of ketones is 1. The number of carbonyl (C=O) groups excluding carboxylic acids is 6. The van der Waals surface area contributed by atoms with E-state index < -0.39 is 84.4 Å². The molecule has 2 aromatic rings. The molecule has 388 valence electrons. The van der Waals surface area contributed by atoms with E-state index >= 15 is 0 Å². The van der Waals surface area contributed by atoms with Crippen molar-refractivity contribution in [1.82, 2.24) is 14.9 Å². The molecule has 2 heterocycles. The summed E-state index contributed by atoms with van der Waals surface area (Å²) in [7, 11) is 8.93. The molecule has 2 rings (SSSR count). The first-order valence-corrected chi connectivity index (χ1v) is 22.9. The smallest absolute Gasteiger partial charge is 0.404 e. The molecule has 0 spiro atoms. The van der Waals surface area contributed by atoms with E-state index in [-0.39, 0.29) is 79.5 Å². The first-order valence-electron chi connectivity index (χ1n) is 22.9. The third-order valence-corrected chi connectivity index (χ3v) is 12.5. The summed E-state index contributed by atoms with van der Waals surface area (Å²) in [5.74, 6) is -4.51. The largest absolute Gasteiger partial charge is 0.466 e. The highest BCUT2D eigenvalue weighted by Crippen LogP contribution is 2.33. The summed E-state index contributed by atoms with van der Waals surface area (Å²) in [6, 6.07) is 0. The maximum absolute atomic E-state index is 13.9. The molecule has 69 heavy (non-hydrogen) atoms. The van der Waals surface area contributed by atoms with Crippen molar-refractivity contribution in [2.45, 2.75) is 129 Å². The number of rotatable bonds is 34. The molecule has 0 aliphatic carbocycles. The van der Waals surface area contributed by atoms with E-state index in [9.17, 15) is 33.9 Å². The maximum Gasteiger partial charge on any atom is 0.404 e. The zero-order valence-corrected chi connectivity index (χ0v) is 42.1. The normalized spacial score (nSPS) is 17.6. The molecule has 13 atom stereocenters. The molecular weight excluding hydrogens is 903 g/mol. The molecule has 0 aliphatic rings. The van der Waals surface area contributed by atoms with Crippen molar-refractivity contribution >= 4 is 36.1 Å². The second-order valence-electron chi connectivity index (χ2n) is 17.7. The second kappa shape index (κ2) is 30.2. The van der Waals surface area contributed by atoms with Crippen molar-refractivity contribution in [3.8, 4) is 11.6 Å². The third-order valence-electron chi connectivity index (χ3n) is 12.5. The standard InChI is InChI=1S/C48H75N5O16/c1-27(21-37(56)31(5)44(65-12)34-24-66-46(51-34)35-25-67-47(52-35)45(49)59)20-33(68-48(50)60)22-42(58)69-40(32(6)38(61-8)14-13-15-41(57)63-10)23-39(62-9)28(2)16-17-36(55)30(4)43(64-11)29(3)18-19-53(7)26-54/h13,15,18-19,24-33,37-40,43-44,56H,14,16-17,20-23H2,1-12H3,(H2,49,59)(H2,50,60). The number of methoxy groups -OCH3 is 5. The molecule has 21 heteroatoms. The van der Waals surface area contributed by atoms with Gasteiger partial charge in [-0.15, -0.1) is 0 Å². The minimum Gasteiger partial charge on any atom is -0.466 e. The van der Waals surface area contributed by atoms with E-state index in [0.717, 1.165) is 0 Å². The molecule has 0 saturated heterocycles. The average Bonchev–Trinajstić information content (AvgIpc) is 4.01. The average molecular weight is 978 g/mol. The lowest BCUT2D eigenvalue weighted by Crippen LogP contribution is -2.39. The number of oxazole rings is 2. The van der Waals surface area contributed by atoms with Crippen molar-refractivity contribution in [2.24, 2.45) is 47.0 Å². The lowest BCUT2D eigenvalue weighted by Gasteiger charge is -2.34. The van der Waals surface area contributed by atoms with Crippen molar-refractivity contribution in [3.63, 3.8) is 0 Å². The van der Waals surface area contributed by atoms with Crippen LogP contribution in [0.2, 0.25) is 0 Å². The van der Waals surface area contributed by atoms with E-state index in [2.05, 4.69) is 9.97 Å². The highest BCUT2D eigenvalue weighted by Gasteiger charge is 2.36. The summed E-state index contributed by atoms with van der Waals surface area (Å²) in [6.07, 6.45) is 4.49. The van der Waals surface area contributed by atoms with Crippen molar-refractivity contribution in [2.75, 3.05) is 42.6 Å². The number of esters is 2. The molecule has 0 aromatic carbocycles. The van der Waals surface area contributed by atoms with Gasteiger partial charge in [-0.05, 0) is 37.5 Å². The summed E-state index contributed by atoms with van der Waals surface area (Å²) in [4.78, 5) is 83.6. The summed E-state index contributed by atoms with van der Waals surface area (Å²) in [6.45, 7) is 11.1. The fraction of sp³-hybridized carbons (Fsp3) is 0.667. The third kappa shape index (κ3) is 19.4. The Bertz CT molecular complexity index is 1970. The minimum atomic E-state index is -1.10. The molecule has 0 saturated carbocycles. The Balaban J connectivity index is 2.25. The number of aromatic nitrogens is 2. The van der Waals surface area contributed by atoms with Gasteiger partial charge in [0.25, 0.3) is 5.89 Å². The lowest BCUT2D eigenvalue weighted by atomic mass is 9.84. The number of nitrogens with two attached hydrogens (primary N) is 2. The van der Waals surface area contributed by atoms with Crippen LogP contribution >= 0.6 is 0 Å². The zero-order chi connectivity index (χ0) is 52.0. The maximum atomic E-state index is 13.9. The number of carbonyl (C=O) groups is 6. The van der Waals surface area contributed by atoms with Gasteiger partial charge < -0.3 is 63.5 Å². The Hall–Kier alpha value is -5.48. The molecule has 0 bridgehead atoms. The molecule has 5 N–H and O–H groups in total. The predicted molar refractivity (Wildman–Crippen MR) is 249 cm³/mol. The lowest BCUT2D eigenvalue weighted by molar-refractivity contribution is -0.160. The quantitative estimate of drug-likeness (QED) is 0.0345. The van der Waals surface area contributed by atoms with Crippen LogP contribution in [0.25, 0.3) is 11.6 Å². The number of hydrogen-bond acceptors (Lipinski definition) is 18. The van der Waals surface area contributed by atoms with E-state index in [1.165, 1.54) is 44.8 Å². The van der Waals surface area contributed by atoms with Crippen LogP contribution in [0.3, 0.4) is 0 Å². The first kappa shape index (κ1) is 59.6. The fourth-order valence-corrected chi connectivity index (χ4v) is 8.29. The fourth-order valence-electron chi connectivity index (χ4n) is 8.29. The molecular formula is C48H75N5O16. The van der Waals surface area contributed by atoms with Crippen molar-refractivity contribution < 1.29 is 75.9 Å².